The molecular formula is C3HF7O2. The van der Waals surface area contributed by atoms with E-state index in [-0.39, 0.29) is 0 Å². The van der Waals surface area contributed by atoms with Crippen molar-refractivity contribution in [2.24, 2.45) is 0 Å². The molecule has 0 unspecified atom stereocenters. The highest BCUT2D eigenvalue weighted by Crippen LogP contribution is 2.46. The van der Waals surface area contributed by atoms with E-state index >= 15 is 0 Å². The lowest BCUT2D eigenvalue weighted by Crippen LogP contribution is -2.52. The molecule has 1 N–H and O–H groups in total. The van der Waals surface area contributed by atoms with Crippen LogP contribution in [0.2, 0.25) is 0 Å². The van der Waals surface area contributed by atoms with Crippen molar-refractivity contribution in [3.63, 3.8) is 0 Å². The van der Waals surface area contributed by atoms with E-state index in [0.717, 1.165) is 0 Å². The Labute approximate surface area is 60.5 Å². The summed E-state index contributed by atoms with van der Waals surface area (Å²) in [5, 5.41) is 7.06. The maximum Gasteiger partial charge on any atom is 0.462 e. The quantitative estimate of drug-likeness (QED) is 0.422. The van der Waals surface area contributed by atoms with Gasteiger partial charge in [0.25, 0.3) is 0 Å². The highest BCUT2D eigenvalue weighted by molar-refractivity contribution is 4.83. The zero-order valence-corrected chi connectivity index (χ0v) is 5.00. The van der Waals surface area contributed by atoms with Crippen LogP contribution in [-0.4, -0.2) is 23.5 Å². The maximum absolute atomic E-state index is 11.5. The van der Waals surface area contributed by atoms with Gasteiger partial charge in [-0.1, -0.05) is 0 Å². The van der Waals surface area contributed by atoms with Crippen LogP contribution in [0.5, 0.6) is 0 Å². The van der Waals surface area contributed by atoms with Crippen LogP contribution in [-0.2, 0) is 4.89 Å². The zero-order valence-electron chi connectivity index (χ0n) is 5.00. The number of hydrogen-bond donors (Lipinski definition) is 1. The van der Waals surface area contributed by atoms with Crippen molar-refractivity contribution in [2.75, 3.05) is 0 Å². The summed E-state index contributed by atoms with van der Waals surface area (Å²) in [5.41, 5.74) is 0. The number of hydrogen-bond acceptors (Lipinski definition) is 2. The molecule has 0 rings (SSSR count). The molecule has 12 heavy (non-hydrogen) atoms. The number of alkyl halides is 7. The largest absolute Gasteiger partial charge is 0.462 e. The van der Waals surface area contributed by atoms with Crippen LogP contribution in [0.15, 0.2) is 0 Å². The predicted octanol–water partition coefficient (Wildman–Crippen LogP) is 2.27. The number of rotatable bonds is 2. The molecule has 0 saturated carbocycles. The van der Waals surface area contributed by atoms with Crippen LogP contribution >= 0.6 is 0 Å². The third-order valence-electron chi connectivity index (χ3n) is 0.836. The standard InChI is InChI=1S/C3HF7O2/c4-1(5,2(6,7)8)3(9,10)12-11/h11H. The Kier molecular flexibility index (Phi) is 2.60. The van der Waals surface area contributed by atoms with Crippen LogP contribution in [0.4, 0.5) is 30.7 Å². The zero-order chi connectivity index (χ0) is 10.2. The maximum atomic E-state index is 11.5. The average Bonchev–Trinajstić information content (AvgIpc) is 1.85. The minimum absolute atomic E-state index is 1.73. The monoisotopic (exact) mass is 202 g/mol. The fourth-order valence-corrected chi connectivity index (χ4v) is 0.222. The van der Waals surface area contributed by atoms with Gasteiger partial charge >= 0.3 is 18.2 Å². The van der Waals surface area contributed by atoms with Gasteiger partial charge in [-0.25, -0.2) is 5.26 Å². The first-order valence-electron chi connectivity index (χ1n) is 2.21. The van der Waals surface area contributed by atoms with Gasteiger partial charge in [0.2, 0.25) is 0 Å². The van der Waals surface area contributed by atoms with Crippen LogP contribution < -0.4 is 0 Å². The Morgan fingerprint density at radius 2 is 1.17 bits per heavy atom. The van der Waals surface area contributed by atoms with Crippen molar-refractivity contribution in [1.29, 1.82) is 0 Å². The second-order valence-electron chi connectivity index (χ2n) is 1.68. The molecule has 0 atom stereocenters. The highest BCUT2D eigenvalue weighted by atomic mass is 19.4. The lowest BCUT2D eigenvalue weighted by Gasteiger charge is -2.24. The molecule has 9 heteroatoms. The lowest BCUT2D eigenvalue weighted by atomic mass is 10.3. The second kappa shape index (κ2) is 2.73. The summed E-state index contributed by atoms with van der Waals surface area (Å²) < 4.78 is 79.4. The Morgan fingerprint density at radius 3 is 1.25 bits per heavy atom. The Balaban J connectivity index is 4.85. The molecule has 0 aliphatic heterocycles. The molecule has 0 spiro atoms. The van der Waals surface area contributed by atoms with Crippen molar-refractivity contribution in [2.45, 2.75) is 18.2 Å². The van der Waals surface area contributed by atoms with E-state index < -0.39 is 18.2 Å². The molecule has 0 radical (unpaired) electrons. The second-order valence-corrected chi connectivity index (χ2v) is 1.68. The van der Waals surface area contributed by atoms with Crippen LogP contribution in [0.1, 0.15) is 0 Å². The molecular weight excluding hydrogens is 201 g/mol. The summed E-state index contributed by atoms with van der Waals surface area (Å²) in [7, 11) is 0. The molecule has 0 heterocycles. The summed E-state index contributed by atoms with van der Waals surface area (Å²) in [6.07, 6.45) is -12.5. The van der Waals surface area contributed by atoms with E-state index in [1.54, 1.807) is 4.89 Å². The summed E-state index contributed by atoms with van der Waals surface area (Å²) in [6.45, 7) is 0. The Morgan fingerprint density at radius 1 is 0.833 bits per heavy atom. The van der Waals surface area contributed by atoms with Gasteiger partial charge < -0.3 is 0 Å². The van der Waals surface area contributed by atoms with E-state index in [2.05, 4.69) is 0 Å². The van der Waals surface area contributed by atoms with Crippen molar-refractivity contribution >= 4 is 0 Å². The SMILES string of the molecule is OOC(F)(F)C(F)(F)C(F)(F)F. The van der Waals surface area contributed by atoms with Crippen LogP contribution in [0.3, 0.4) is 0 Å². The van der Waals surface area contributed by atoms with Crippen molar-refractivity contribution < 1.29 is 40.9 Å². The summed E-state index contributed by atoms with van der Waals surface area (Å²) in [4.78, 5) is 1.73. The molecule has 0 aromatic carbocycles. The first-order valence-corrected chi connectivity index (χ1v) is 2.21. The van der Waals surface area contributed by atoms with Gasteiger partial charge in [0.15, 0.2) is 0 Å². The minimum Gasteiger partial charge on any atom is -0.246 e. The van der Waals surface area contributed by atoms with E-state index in [1.807, 2.05) is 0 Å². The normalized spacial score (nSPS) is 15.0. The Bertz CT molecular complexity index is 161. The van der Waals surface area contributed by atoms with Gasteiger partial charge in [0, 0.05) is 0 Å². The van der Waals surface area contributed by atoms with E-state index in [9.17, 15) is 30.7 Å². The van der Waals surface area contributed by atoms with Crippen LogP contribution in [0.25, 0.3) is 0 Å². The van der Waals surface area contributed by atoms with Crippen LogP contribution in [0, 0.1) is 0 Å². The summed E-state index contributed by atoms with van der Waals surface area (Å²) in [5.74, 6) is -6.42. The molecule has 0 aromatic heterocycles. The highest BCUT2D eigenvalue weighted by Gasteiger charge is 2.75. The molecule has 0 amide bonds. The first-order chi connectivity index (χ1) is 5.06. The molecule has 0 aromatic rings. The average molecular weight is 202 g/mol. The first kappa shape index (κ1) is 11.4. The minimum atomic E-state index is -6.49. The van der Waals surface area contributed by atoms with Crippen molar-refractivity contribution in [3.8, 4) is 0 Å². The van der Waals surface area contributed by atoms with E-state index in [4.69, 9.17) is 5.26 Å². The fourth-order valence-electron chi connectivity index (χ4n) is 0.222. The summed E-state index contributed by atoms with van der Waals surface area (Å²) >= 11 is 0. The van der Waals surface area contributed by atoms with E-state index in [0.29, 0.717) is 0 Å². The summed E-state index contributed by atoms with van der Waals surface area (Å²) in [6, 6.07) is 0. The predicted molar refractivity (Wildman–Crippen MR) is 19.7 cm³/mol. The molecule has 0 fully saturated rings. The van der Waals surface area contributed by atoms with Gasteiger partial charge in [0.05, 0.1) is 0 Å². The smallest absolute Gasteiger partial charge is 0.246 e. The lowest BCUT2D eigenvalue weighted by molar-refractivity contribution is -0.501. The van der Waals surface area contributed by atoms with Gasteiger partial charge in [0.1, 0.15) is 0 Å². The molecule has 0 aliphatic carbocycles. The van der Waals surface area contributed by atoms with Crippen molar-refractivity contribution in [3.05, 3.63) is 0 Å². The van der Waals surface area contributed by atoms with Gasteiger partial charge in [-0.05, 0) is 0 Å². The van der Waals surface area contributed by atoms with Gasteiger partial charge in [-0.15, -0.1) is 0 Å². The van der Waals surface area contributed by atoms with Gasteiger partial charge in [-0.3, -0.25) is 0 Å². The molecule has 0 bridgehead atoms. The van der Waals surface area contributed by atoms with E-state index in [1.165, 1.54) is 0 Å². The Hall–Kier alpha value is -0.570. The topological polar surface area (TPSA) is 29.5 Å². The molecule has 0 aliphatic rings. The fraction of sp³-hybridized carbons (Fsp3) is 1.00. The van der Waals surface area contributed by atoms with Crippen molar-refractivity contribution in [1.82, 2.24) is 0 Å². The molecule has 74 valence electrons. The molecule has 2 nitrogen and oxygen atoms in total. The number of halogens is 7. The molecule has 0 saturated heterocycles. The third-order valence-corrected chi connectivity index (χ3v) is 0.836. The van der Waals surface area contributed by atoms with Gasteiger partial charge in [-0.2, -0.15) is 35.6 Å². The third kappa shape index (κ3) is 1.61.